The number of aromatic nitrogens is 1. The number of carboxylic acid groups (broad SMARTS) is 1. The normalized spacial score (nSPS) is 19.2. The molecule has 7 heteroatoms. The molecule has 7 nitrogen and oxygen atoms in total. The van der Waals surface area contributed by atoms with Gasteiger partial charge in [-0.1, -0.05) is 0 Å². The average molecular weight is 277 g/mol. The van der Waals surface area contributed by atoms with Gasteiger partial charge in [0.2, 0.25) is 5.91 Å². The zero-order chi connectivity index (χ0) is 14.5. The molecule has 2 rings (SSSR count). The predicted molar refractivity (Wildman–Crippen MR) is 72.1 cm³/mol. The smallest absolute Gasteiger partial charge is 0.328 e. The van der Waals surface area contributed by atoms with E-state index >= 15 is 0 Å². The van der Waals surface area contributed by atoms with Crippen molar-refractivity contribution >= 4 is 23.8 Å². The third-order valence-electron chi connectivity index (χ3n) is 2.94. The number of hydrogen-bond donors (Lipinski definition) is 2. The predicted octanol–water partition coefficient (Wildman–Crippen LogP) is -0.130. The van der Waals surface area contributed by atoms with Crippen LogP contribution in [0, 0.1) is 0 Å². The number of amides is 1. The molecule has 1 aromatic heterocycles. The monoisotopic (exact) mass is 277 g/mol. The molecular weight excluding hydrogens is 262 g/mol. The molecule has 1 amide bonds. The van der Waals surface area contributed by atoms with Crippen LogP contribution in [0.25, 0.3) is 6.08 Å². The van der Waals surface area contributed by atoms with E-state index in [-0.39, 0.29) is 6.61 Å². The van der Waals surface area contributed by atoms with Gasteiger partial charge in [-0.3, -0.25) is 4.79 Å². The fourth-order valence-corrected chi connectivity index (χ4v) is 1.95. The van der Waals surface area contributed by atoms with Crippen LogP contribution in [0.1, 0.15) is 5.56 Å². The molecule has 3 N–H and O–H groups in total. The van der Waals surface area contributed by atoms with Crippen molar-refractivity contribution in [2.75, 3.05) is 24.7 Å². The van der Waals surface area contributed by atoms with Crippen LogP contribution in [0.5, 0.6) is 0 Å². The largest absolute Gasteiger partial charge is 0.478 e. The second-order valence-electron chi connectivity index (χ2n) is 4.31. The van der Waals surface area contributed by atoms with E-state index in [1.165, 1.54) is 6.08 Å². The van der Waals surface area contributed by atoms with Crippen LogP contribution in [0.4, 0.5) is 5.82 Å². The minimum absolute atomic E-state index is 0.248. The lowest BCUT2D eigenvalue weighted by Gasteiger charge is -2.34. The van der Waals surface area contributed by atoms with E-state index in [1.807, 2.05) is 0 Å². The molecule has 0 spiro atoms. The van der Waals surface area contributed by atoms with Crippen molar-refractivity contribution in [3.05, 3.63) is 30.0 Å². The molecule has 1 aliphatic rings. The maximum atomic E-state index is 11.4. The minimum atomic E-state index is -1.02. The summed E-state index contributed by atoms with van der Waals surface area (Å²) in [6.45, 7) is 1.29. The van der Waals surface area contributed by atoms with Gasteiger partial charge in [-0.15, -0.1) is 0 Å². The van der Waals surface area contributed by atoms with Gasteiger partial charge in [0.1, 0.15) is 11.9 Å². The number of hydrogen-bond acceptors (Lipinski definition) is 5. The molecular formula is C13H15N3O4. The highest BCUT2D eigenvalue weighted by Crippen LogP contribution is 2.17. The number of carboxylic acids is 1. The van der Waals surface area contributed by atoms with Crippen molar-refractivity contribution in [3.63, 3.8) is 0 Å². The number of nitrogens with two attached hydrogens (primary N) is 1. The standard InChI is InChI=1S/C13H15N3O4/c14-13(19)10-8-20-6-5-16(10)11-3-1-9(7-15-11)2-4-12(17)18/h1-4,7,10H,5-6,8H2,(H2,14,19)(H,17,18)/b4-2+. The number of rotatable bonds is 4. The Labute approximate surface area is 115 Å². The highest BCUT2D eigenvalue weighted by molar-refractivity contribution is 5.85. The number of morpholine rings is 1. The molecule has 20 heavy (non-hydrogen) atoms. The van der Waals surface area contributed by atoms with Gasteiger partial charge in [-0.25, -0.2) is 9.78 Å². The van der Waals surface area contributed by atoms with Gasteiger partial charge in [0, 0.05) is 18.8 Å². The van der Waals surface area contributed by atoms with E-state index < -0.39 is 17.9 Å². The van der Waals surface area contributed by atoms with Gasteiger partial charge in [-0.05, 0) is 23.8 Å². The first-order valence-electron chi connectivity index (χ1n) is 6.08. The van der Waals surface area contributed by atoms with Gasteiger partial charge < -0.3 is 20.5 Å². The molecule has 2 heterocycles. The zero-order valence-corrected chi connectivity index (χ0v) is 10.7. The molecule has 0 radical (unpaired) electrons. The van der Waals surface area contributed by atoms with Gasteiger partial charge in [0.25, 0.3) is 0 Å². The second-order valence-corrected chi connectivity index (χ2v) is 4.31. The number of carbonyl (C=O) groups is 2. The van der Waals surface area contributed by atoms with Crippen molar-refractivity contribution in [2.45, 2.75) is 6.04 Å². The molecule has 106 valence electrons. The number of nitrogens with zero attached hydrogens (tertiary/aromatic N) is 2. The van der Waals surface area contributed by atoms with Crippen LogP contribution in [-0.2, 0) is 14.3 Å². The van der Waals surface area contributed by atoms with E-state index in [2.05, 4.69) is 4.98 Å². The van der Waals surface area contributed by atoms with Crippen molar-refractivity contribution in [2.24, 2.45) is 5.73 Å². The second kappa shape index (κ2) is 6.16. The Hall–Kier alpha value is -2.41. The van der Waals surface area contributed by atoms with Crippen LogP contribution in [0.15, 0.2) is 24.4 Å². The molecule has 1 aromatic rings. The Morgan fingerprint density at radius 3 is 2.90 bits per heavy atom. The Morgan fingerprint density at radius 1 is 1.50 bits per heavy atom. The third-order valence-corrected chi connectivity index (χ3v) is 2.94. The first-order chi connectivity index (χ1) is 9.58. The molecule has 1 aliphatic heterocycles. The molecule has 1 saturated heterocycles. The summed E-state index contributed by atoms with van der Waals surface area (Å²) in [6.07, 6.45) is 4.03. The molecule has 1 atom stereocenters. The summed E-state index contributed by atoms with van der Waals surface area (Å²) in [5.41, 5.74) is 6.01. The number of ether oxygens (including phenoxy) is 1. The Morgan fingerprint density at radius 2 is 2.30 bits per heavy atom. The minimum Gasteiger partial charge on any atom is -0.478 e. The first-order valence-corrected chi connectivity index (χ1v) is 6.08. The zero-order valence-electron chi connectivity index (χ0n) is 10.7. The van der Waals surface area contributed by atoms with Crippen LogP contribution in [0.3, 0.4) is 0 Å². The molecule has 1 unspecified atom stereocenters. The van der Waals surface area contributed by atoms with Crippen LogP contribution in [0.2, 0.25) is 0 Å². The summed E-state index contributed by atoms with van der Waals surface area (Å²) in [6, 6.07) is 2.93. The lowest BCUT2D eigenvalue weighted by Crippen LogP contribution is -2.52. The van der Waals surface area contributed by atoms with Gasteiger partial charge >= 0.3 is 5.97 Å². The Balaban J connectivity index is 2.15. The van der Waals surface area contributed by atoms with E-state index in [0.717, 1.165) is 6.08 Å². The summed E-state index contributed by atoms with van der Waals surface area (Å²) < 4.78 is 5.24. The summed E-state index contributed by atoms with van der Waals surface area (Å²) in [7, 11) is 0. The number of pyridine rings is 1. The van der Waals surface area contributed by atoms with Crippen molar-refractivity contribution in [1.82, 2.24) is 4.98 Å². The highest BCUT2D eigenvalue weighted by atomic mass is 16.5. The molecule has 0 bridgehead atoms. The molecule has 0 aliphatic carbocycles. The van der Waals surface area contributed by atoms with Crippen LogP contribution >= 0.6 is 0 Å². The highest BCUT2D eigenvalue weighted by Gasteiger charge is 2.28. The van der Waals surface area contributed by atoms with E-state index in [4.69, 9.17) is 15.6 Å². The Kier molecular flexibility index (Phi) is 4.31. The average Bonchev–Trinajstić information content (AvgIpc) is 2.45. The number of carbonyl (C=O) groups excluding carboxylic acids is 1. The lowest BCUT2D eigenvalue weighted by molar-refractivity contribution is -0.131. The first kappa shape index (κ1) is 14.0. The summed E-state index contributed by atoms with van der Waals surface area (Å²) in [5.74, 6) is -0.859. The van der Waals surface area contributed by atoms with E-state index in [0.29, 0.717) is 24.5 Å². The van der Waals surface area contributed by atoms with E-state index in [1.54, 1.807) is 23.2 Å². The molecule has 0 aromatic carbocycles. The lowest BCUT2D eigenvalue weighted by atomic mass is 10.2. The quantitative estimate of drug-likeness (QED) is 0.743. The summed E-state index contributed by atoms with van der Waals surface area (Å²) >= 11 is 0. The topological polar surface area (TPSA) is 106 Å². The maximum absolute atomic E-state index is 11.4. The SMILES string of the molecule is NC(=O)C1COCCN1c1ccc(/C=C/C(=O)O)cn1. The van der Waals surface area contributed by atoms with Gasteiger partial charge in [0.15, 0.2) is 0 Å². The fourth-order valence-electron chi connectivity index (χ4n) is 1.95. The molecule has 0 saturated carbocycles. The van der Waals surface area contributed by atoms with E-state index in [9.17, 15) is 9.59 Å². The van der Waals surface area contributed by atoms with Crippen molar-refractivity contribution in [3.8, 4) is 0 Å². The summed E-state index contributed by atoms with van der Waals surface area (Å²) in [4.78, 5) is 27.8. The van der Waals surface area contributed by atoms with Gasteiger partial charge in [-0.2, -0.15) is 0 Å². The van der Waals surface area contributed by atoms with Crippen LogP contribution < -0.4 is 10.6 Å². The number of anilines is 1. The van der Waals surface area contributed by atoms with Crippen molar-refractivity contribution < 1.29 is 19.4 Å². The fraction of sp³-hybridized carbons (Fsp3) is 0.308. The number of primary amides is 1. The third kappa shape index (κ3) is 3.33. The summed E-state index contributed by atoms with van der Waals surface area (Å²) in [5, 5.41) is 8.55. The van der Waals surface area contributed by atoms with Crippen LogP contribution in [-0.4, -0.2) is 47.8 Å². The van der Waals surface area contributed by atoms with Crippen molar-refractivity contribution in [1.29, 1.82) is 0 Å². The van der Waals surface area contributed by atoms with Gasteiger partial charge in [0.05, 0.1) is 13.2 Å². The molecule has 1 fully saturated rings. The number of aliphatic carboxylic acids is 1. The Bertz CT molecular complexity index is 527. The maximum Gasteiger partial charge on any atom is 0.328 e.